The Bertz CT molecular complexity index is 1420. The average molecular weight is 636 g/mol. The smallest absolute Gasteiger partial charge is 0.247 e. The molecule has 1 unspecified atom stereocenters. The molecule has 2 bridgehead atoms. The Balaban J connectivity index is 1.60. The van der Waals surface area contributed by atoms with Crippen molar-refractivity contribution in [3.63, 3.8) is 0 Å². The van der Waals surface area contributed by atoms with Gasteiger partial charge in [0.2, 0.25) is 11.8 Å². The second-order valence-electron chi connectivity index (χ2n) is 9.80. The molecule has 14 heteroatoms. The molecule has 0 spiro atoms. The molecule has 0 fully saturated rings. The number of benzene rings is 2. The van der Waals surface area contributed by atoms with E-state index in [2.05, 4.69) is 43.9 Å². The summed E-state index contributed by atoms with van der Waals surface area (Å²) < 4.78 is 20.7. The Morgan fingerprint density at radius 3 is 2.90 bits per heavy atom. The molecule has 3 aromatic rings. The van der Waals surface area contributed by atoms with Crippen LogP contribution in [0.5, 0.6) is 5.75 Å². The van der Waals surface area contributed by atoms with Crippen LogP contribution >= 0.6 is 36.0 Å². The van der Waals surface area contributed by atoms with E-state index in [9.17, 15) is 14.0 Å². The number of thiol groups is 1. The van der Waals surface area contributed by atoms with Gasteiger partial charge in [-0.2, -0.15) is 12.6 Å². The number of hydrogen-bond donors (Lipinski definition) is 5. The second kappa shape index (κ2) is 15.6. The molecular weight excluding hydrogens is 601 g/mol. The third kappa shape index (κ3) is 8.83. The van der Waals surface area contributed by atoms with Gasteiger partial charge in [0.1, 0.15) is 29.1 Å². The van der Waals surface area contributed by atoms with Crippen molar-refractivity contribution < 1.29 is 18.7 Å². The number of likely N-dealkylation sites (N-methyl/N-ethyl adjacent to an activating group) is 1. The van der Waals surface area contributed by atoms with Gasteiger partial charge in [-0.05, 0) is 55.9 Å². The number of fused-ring (bicyclic) bond motifs is 2. The minimum atomic E-state index is -0.726. The second-order valence-corrected chi connectivity index (χ2v) is 11.8. The van der Waals surface area contributed by atoms with Crippen molar-refractivity contribution in [1.29, 1.82) is 0 Å². The van der Waals surface area contributed by atoms with Crippen molar-refractivity contribution in [2.45, 2.75) is 36.6 Å². The van der Waals surface area contributed by atoms with Crippen LogP contribution in [0.1, 0.15) is 25.3 Å². The van der Waals surface area contributed by atoms with Gasteiger partial charge in [-0.15, -0.1) is 11.8 Å². The number of carbonyl (C=O) groups excluding carboxylic acids is 2. The lowest BCUT2D eigenvalue weighted by atomic mass is 10.1. The predicted molar refractivity (Wildman–Crippen MR) is 168 cm³/mol. The van der Waals surface area contributed by atoms with Crippen LogP contribution in [0.15, 0.2) is 35.5 Å². The maximum absolute atomic E-state index is 14.5. The fraction of sp³-hybridized carbons (Fsp3) is 0.429. The summed E-state index contributed by atoms with van der Waals surface area (Å²) in [6.07, 6.45) is 2.97. The van der Waals surface area contributed by atoms with Gasteiger partial charge >= 0.3 is 0 Å². The van der Waals surface area contributed by atoms with Crippen LogP contribution in [0.4, 0.5) is 15.9 Å². The molecule has 226 valence electrons. The quantitative estimate of drug-likeness (QED) is 0.185. The van der Waals surface area contributed by atoms with E-state index in [1.54, 1.807) is 23.7 Å². The number of nitrogens with one attached hydrogen (secondary N) is 4. The number of halogens is 2. The highest BCUT2D eigenvalue weighted by molar-refractivity contribution is 7.99. The zero-order valence-corrected chi connectivity index (χ0v) is 26.0. The van der Waals surface area contributed by atoms with Gasteiger partial charge in [0, 0.05) is 50.2 Å². The summed E-state index contributed by atoms with van der Waals surface area (Å²) in [7, 11) is 1.75. The summed E-state index contributed by atoms with van der Waals surface area (Å²) in [5.41, 5.74) is 1.84. The maximum atomic E-state index is 14.5. The zero-order chi connectivity index (χ0) is 30.1. The zero-order valence-electron chi connectivity index (χ0n) is 23.5. The van der Waals surface area contributed by atoms with Gasteiger partial charge in [0.15, 0.2) is 0 Å². The van der Waals surface area contributed by atoms with Crippen LogP contribution in [0.2, 0.25) is 5.02 Å². The summed E-state index contributed by atoms with van der Waals surface area (Å²) in [5, 5.41) is 12.3. The van der Waals surface area contributed by atoms with E-state index in [-0.39, 0.29) is 23.4 Å². The molecule has 0 saturated carbocycles. The molecule has 1 aromatic heterocycles. The van der Waals surface area contributed by atoms with Crippen LogP contribution < -0.4 is 26.0 Å². The normalized spacial score (nSPS) is 16.5. The van der Waals surface area contributed by atoms with Gasteiger partial charge in [-0.3, -0.25) is 14.5 Å². The van der Waals surface area contributed by atoms with Crippen LogP contribution in [0.25, 0.3) is 10.9 Å². The fourth-order valence-electron chi connectivity index (χ4n) is 4.30. The number of amides is 2. The molecule has 2 aromatic carbocycles. The number of ether oxygens (including phenoxy) is 1. The number of rotatable bonds is 8. The van der Waals surface area contributed by atoms with Crippen LogP contribution in [-0.4, -0.2) is 77.6 Å². The van der Waals surface area contributed by atoms with E-state index >= 15 is 0 Å². The molecule has 1 atom stereocenters. The van der Waals surface area contributed by atoms with Gasteiger partial charge in [-0.1, -0.05) is 11.6 Å². The molecule has 1 aliphatic heterocycles. The number of carbonyl (C=O) groups is 2. The molecule has 4 N–H and O–H groups in total. The first-order valence-electron chi connectivity index (χ1n) is 13.6. The lowest BCUT2D eigenvalue weighted by molar-refractivity contribution is -0.123. The summed E-state index contributed by atoms with van der Waals surface area (Å²) in [5.74, 6) is 1.16. The van der Waals surface area contributed by atoms with Crippen LogP contribution in [0, 0.1) is 5.82 Å². The molecule has 0 saturated heterocycles. The SMILES string of the molecule is CC(=O)NCCNCCCOc1cc2ncnc3c2cc1SCCCNC(=O)C(S)N(C)Cc1cc(F)c(Cl)cc1N3. The monoisotopic (exact) mass is 635 g/mol. The first-order chi connectivity index (χ1) is 20.2. The molecule has 0 aliphatic carbocycles. The minimum absolute atomic E-state index is 0.0339. The van der Waals surface area contributed by atoms with Gasteiger partial charge in [-0.25, -0.2) is 14.4 Å². The van der Waals surface area contributed by atoms with Gasteiger partial charge in [0.05, 0.1) is 22.0 Å². The van der Waals surface area contributed by atoms with Crippen LogP contribution in [0.3, 0.4) is 0 Å². The van der Waals surface area contributed by atoms with Crippen molar-refractivity contribution in [2.24, 2.45) is 0 Å². The average Bonchev–Trinajstić information content (AvgIpc) is 2.95. The van der Waals surface area contributed by atoms with Crippen molar-refractivity contribution in [2.75, 3.05) is 50.9 Å². The first-order valence-corrected chi connectivity index (χ1v) is 15.5. The Morgan fingerprint density at radius 2 is 2.10 bits per heavy atom. The maximum Gasteiger partial charge on any atom is 0.247 e. The summed E-state index contributed by atoms with van der Waals surface area (Å²) in [6, 6.07) is 6.77. The lowest BCUT2D eigenvalue weighted by Crippen LogP contribution is -2.41. The first kappa shape index (κ1) is 32.1. The lowest BCUT2D eigenvalue weighted by Gasteiger charge is -2.25. The van der Waals surface area contributed by atoms with E-state index in [0.29, 0.717) is 54.6 Å². The fourth-order valence-corrected chi connectivity index (χ4v) is 5.60. The van der Waals surface area contributed by atoms with Crippen LogP contribution in [-0.2, 0) is 16.1 Å². The Hall–Kier alpha value is -2.84. The Morgan fingerprint density at radius 1 is 1.26 bits per heavy atom. The van der Waals surface area contributed by atoms with E-state index in [1.807, 2.05) is 12.1 Å². The van der Waals surface area contributed by atoms with Crippen molar-refractivity contribution in [3.05, 3.63) is 47.0 Å². The van der Waals surface area contributed by atoms with E-state index in [4.69, 9.17) is 16.3 Å². The molecule has 10 nitrogen and oxygen atoms in total. The Labute approximate surface area is 259 Å². The highest BCUT2D eigenvalue weighted by Gasteiger charge is 2.22. The van der Waals surface area contributed by atoms with E-state index in [0.717, 1.165) is 35.4 Å². The molecular formula is C28H35ClFN7O3S2. The molecule has 42 heavy (non-hydrogen) atoms. The van der Waals surface area contributed by atoms with Crippen molar-refractivity contribution in [1.82, 2.24) is 30.8 Å². The molecule has 0 radical (unpaired) electrons. The molecule has 2 amide bonds. The van der Waals surface area contributed by atoms with E-state index in [1.165, 1.54) is 25.4 Å². The summed E-state index contributed by atoms with van der Waals surface area (Å²) >= 11 is 12.3. The highest BCUT2D eigenvalue weighted by atomic mass is 35.5. The van der Waals surface area contributed by atoms with E-state index < -0.39 is 11.2 Å². The Kier molecular flexibility index (Phi) is 11.9. The van der Waals surface area contributed by atoms with Crippen molar-refractivity contribution >= 4 is 70.2 Å². The van der Waals surface area contributed by atoms with Gasteiger partial charge in [0.25, 0.3) is 0 Å². The predicted octanol–water partition coefficient (Wildman–Crippen LogP) is 3.96. The number of aromatic nitrogens is 2. The molecule has 4 rings (SSSR count). The third-order valence-corrected chi connectivity index (χ3v) is 8.52. The third-order valence-electron chi connectivity index (χ3n) is 6.48. The summed E-state index contributed by atoms with van der Waals surface area (Å²) in [6.45, 7) is 4.72. The minimum Gasteiger partial charge on any atom is -0.492 e. The number of anilines is 2. The van der Waals surface area contributed by atoms with Crippen molar-refractivity contribution in [3.8, 4) is 5.75 Å². The number of nitrogens with zero attached hydrogens (tertiary/aromatic N) is 3. The largest absolute Gasteiger partial charge is 0.492 e. The summed E-state index contributed by atoms with van der Waals surface area (Å²) in [4.78, 5) is 35.3. The number of thioether (sulfide) groups is 1. The number of hydrogen-bond acceptors (Lipinski definition) is 10. The van der Waals surface area contributed by atoms with Gasteiger partial charge < -0.3 is 26.0 Å². The standard InChI is InChI=1S/C28H35ClFN7O3S2/c1-17(38)32-8-7-31-5-3-9-40-24-14-23-19-12-25(24)42-10-4-6-33-27(39)28(41)37(2)15-18-11-21(30)20(29)13-22(18)36-26(19)35-16-34-23/h11-14,16,28,31,41H,3-10,15H2,1-2H3,(H,32,38)(H,33,39)(H,34,35,36). The topological polar surface area (TPSA) is 121 Å². The molecule has 1 aliphatic rings. The molecule has 2 heterocycles. The highest BCUT2D eigenvalue weighted by Crippen LogP contribution is 2.37.